The van der Waals surface area contributed by atoms with E-state index >= 15 is 0 Å². The molecule has 5 nitrogen and oxygen atoms in total. The molecule has 3 rings (SSSR count). The summed E-state index contributed by atoms with van der Waals surface area (Å²) in [6.45, 7) is 3.72. The lowest BCUT2D eigenvalue weighted by Gasteiger charge is -2.09. The maximum absolute atomic E-state index is 12.3. The average molecular weight is 343 g/mol. The third-order valence-electron chi connectivity index (χ3n) is 3.66. The predicted octanol–water partition coefficient (Wildman–Crippen LogP) is 3.35. The summed E-state index contributed by atoms with van der Waals surface area (Å²) < 4.78 is 32.4. The van der Waals surface area contributed by atoms with Crippen molar-refractivity contribution < 1.29 is 12.8 Å². The largest absolute Gasteiger partial charge is 0.423 e. The second-order valence-electron chi connectivity index (χ2n) is 5.81. The van der Waals surface area contributed by atoms with E-state index in [4.69, 9.17) is 4.42 Å². The Kier molecular flexibility index (Phi) is 4.15. The van der Waals surface area contributed by atoms with Crippen molar-refractivity contribution in [2.75, 3.05) is 4.72 Å². The van der Waals surface area contributed by atoms with E-state index in [1.165, 1.54) is 12.1 Å². The lowest BCUT2D eigenvalue weighted by molar-refractivity contribution is 0.560. The van der Waals surface area contributed by atoms with Gasteiger partial charge in [-0.25, -0.2) is 13.2 Å². The van der Waals surface area contributed by atoms with Crippen LogP contribution in [0.4, 0.5) is 5.69 Å². The summed E-state index contributed by atoms with van der Waals surface area (Å²) in [5.74, 6) is -0.121. The molecular formula is C18H17NO4S. The smallest absolute Gasteiger partial charge is 0.336 e. The summed E-state index contributed by atoms with van der Waals surface area (Å²) in [7, 11) is -3.56. The molecule has 0 saturated heterocycles. The minimum Gasteiger partial charge on any atom is -0.423 e. The standard InChI is InChI=1S/C18H17NO4S/c1-12-4-3-5-14(8-12)11-24(21,22)19-15-6-7-16-13(2)9-18(20)23-17(16)10-15/h3-10,19H,11H2,1-2H3. The molecule has 0 bridgehead atoms. The fourth-order valence-corrected chi connectivity index (χ4v) is 3.80. The van der Waals surface area contributed by atoms with Gasteiger partial charge in [-0.15, -0.1) is 0 Å². The van der Waals surface area contributed by atoms with E-state index in [2.05, 4.69) is 4.72 Å². The molecule has 1 aromatic heterocycles. The monoisotopic (exact) mass is 343 g/mol. The van der Waals surface area contributed by atoms with Crippen molar-refractivity contribution in [2.45, 2.75) is 19.6 Å². The van der Waals surface area contributed by atoms with Gasteiger partial charge in [-0.05, 0) is 37.1 Å². The first-order chi connectivity index (χ1) is 11.3. The zero-order valence-electron chi connectivity index (χ0n) is 13.4. The maximum Gasteiger partial charge on any atom is 0.336 e. The van der Waals surface area contributed by atoms with Gasteiger partial charge in [0.15, 0.2) is 0 Å². The molecule has 0 unspecified atom stereocenters. The Hall–Kier alpha value is -2.60. The van der Waals surface area contributed by atoms with Crippen LogP contribution < -0.4 is 10.3 Å². The van der Waals surface area contributed by atoms with E-state index in [9.17, 15) is 13.2 Å². The molecule has 0 aliphatic carbocycles. The fraction of sp³-hybridized carbons (Fsp3) is 0.167. The molecule has 0 atom stereocenters. The Labute approximate surface area is 140 Å². The van der Waals surface area contributed by atoms with Gasteiger partial charge in [0.05, 0.1) is 11.4 Å². The van der Waals surface area contributed by atoms with Gasteiger partial charge < -0.3 is 4.42 Å². The SMILES string of the molecule is Cc1cccc(CS(=O)(=O)Nc2ccc3c(C)cc(=O)oc3c2)c1. The van der Waals surface area contributed by atoms with Crippen LogP contribution in [0.1, 0.15) is 16.7 Å². The molecule has 124 valence electrons. The van der Waals surface area contributed by atoms with Gasteiger partial charge in [-0.3, -0.25) is 4.72 Å². The van der Waals surface area contributed by atoms with Crippen LogP contribution in [0.5, 0.6) is 0 Å². The first-order valence-electron chi connectivity index (χ1n) is 7.43. The Balaban J connectivity index is 1.89. The quantitative estimate of drug-likeness (QED) is 0.737. The van der Waals surface area contributed by atoms with Crippen LogP contribution in [0.3, 0.4) is 0 Å². The topological polar surface area (TPSA) is 76.4 Å². The van der Waals surface area contributed by atoms with E-state index in [-0.39, 0.29) is 5.75 Å². The molecule has 24 heavy (non-hydrogen) atoms. The minimum atomic E-state index is -3.56. The van der Waals surface area contributed by atoms with Gasteiger partial charge in [-0.2, -0.15) is 0 Å². The zero-order valence-corrected chi connectivity index (χ0v) is 14.2. The molecule has 6 heteroatoms. The van der Waals surface area contributed by atoms with E-state index in [0.29, 0.717) is 16.8 Å². The number of hydrogen-bond acceptors (Lipinski definition) is 4. The molecule has 0 radical (unpaired) electrons. The lowest BCUT2D eigenvalue weighted by Crippen LogP contribution is -2.15. The normalized spacial score (nSPS) is 11.6. The average Bonchev–Trinajstić information content (AvgIpc) is 2.45. The Morgan fingerprint density at radius 1 is 1.04 bits per heavy atom. The maximum atomic E-state index is 12.3. The highest BCUT2D eigenvalue weighted by Gasteiger charge is 2.13. The predicted molar refractivity (Wildman–Crippen MR) is 94.6 cm³/mol. The third-order valence-corrected chi connectivity index (χ3v) is 4.92. The van der Waals surface area contributed by atoms with Gasteiger partial charge >= 0.3 is 5.63 Å². The van der Waals surface area contributed by atoms with Gasteiger partial charge in [0.1, 0.15) is 5.58 Å². The highest BCUT2D eigenvalue weighted by molar-refractivity contribution is 7.91. The molecule has 0 saturated carbocycles. The first kappa shape index (κ1) is 16.3. The number of sulfonamides is 1. The van der Waals surface area contributed by atoms with Crippen LogP contribution in [0.2, 0.25) is 0 Å². The molecule has 0 spiro atoms. The van der Waals surface area contributed by atoms with Crippen molar-refractivity contribution in [1.29, 1.82) is 0 Å². The number of anilines is 1. The molecule has 0 fully saturated rings. The number of benzene rings is 2. The number of hydrogen-bond donors (Lipinski definition) is 1. The first-order valence-corrected chi connectivity index (χ1v) is 9.08. The second kappa shape index (κ2) is 6.13. The summed E-state index contributed by atoms with van der Waals surface area (Å²) in [5, 5.41) is 0.774. The molecule has 0 amide bonds. The number of fused-ring (bicyclic) bond motifs is 1. The van der Waals surface area contributed by atoms with E-state index in [1.807, 2.05) is 25.1 Å². The van der Waals surface area contributed by atoms with Crippen molar-refractivity contribution in [3.8, 4) is 0 Å². The summed E-state index contributed by atoms with van der Waals surface area (Å²) in [6, 6.07) is 13.7. The van der Waals surface area contributed by atoms with Gasteiger partial charge in [0.2, 0.25) is 10.0 Å². The molecule has 1 N–H and O–H groups in total. The van der Waals surface area contributed by atoms with Crippen molar-refractivity contribution >= 4 is 26.7 Å². The van der Waals surface area contributed by atoms with Crippen LogP contribution in [-0.2, 0) is 15.8 Å². The van der Waals surface area contributed by atoms with Crippen LogP contribution in [0.25, 0.3) is 11.0 Å². The van der Waals surface area contributed by atoms with Gasteiger partial charge in [0.25, 0.3) is 0 Å². The van der Waals surface area contributed by atoms with E-state index in [1.54, 1.807) is 25.1 Å². The fourth-order valence-electron chi connectivity index (χ4n) is 2.63. The van der Waals surface area contributed by atoms with Crippen LogP contribution >= 0.6 is 0 Å². The highest BCUT2D eigenvalue weighted by atomic mass is 32.2. The Morgan fingerprint density at radius 3 is 2.58 bits per heavy atom. The summed E-state index contributed by atoms with van der Waals surface area (Å²) >= 11 is 0. The molecule has 0 aliphatic heterocycles. The van der Waals surface area contributed by atoms with E-state index < -0.39 is 15.6 Å². The number of nitrogens with one attached hydrogen (secondary N) is 1. The summed E-state index contributed by atoms with van der Waals surface area (Å²) in [4.78, 5) is 11.5. The molecule has 1 heterocycles. The third kappa shape index (κ3) is 3.65. The van der Waals surface area contributed by atoms with Crippen molar-refractivity contribution in [3.05, 3.63) is 75.6 Å². The lowest BCUT2D eigenvalue weighted by atomic mass is 10.1. The minimum absolute atomic E-state index is 0.121. The zero-order chi connectivity index (χ0) is 17.3. The van der Waals surface area contributed by atoms with Gasteiger partial charge in [-0.1, -0.05) is 29.8 Å². The molecule has 2 aromatic carbocycles. The molecular weight excluding hydrogens is 326 g/mol. The highest BCUT2D eigenvalue weighted by Crippen LogP contribution is 2.22. The Morgan fingerprint density at radius 2 is 1.83 bits per heavy atom. The summed E-state index contributed by atoms with van der Waals surface area (Å²) in [6.07, 6.45) is 0. The molecule has 0 aliphatic rings. The molecule has 3 aromatic rings. The van der Waals surface area contributed by atoms with Crippen molar-refractivity contribution in [2.24, 2.45) is 0 Å². The van der Waals surface area contributed by atoms with Crippen molar-refractivity contribution in [3.63, 3.8) is 0 Å². The second-order valence-corrected chi connectivity index (χ2v) is 7.53. The van der Waals surface area contributed by atoms with Crippen molar-refractivity contribution in [1.82, 2.24) is 0 Å². The van der Waals surface area contributed by atoms with E-state index in [0.717, 1.165) is 16.5 Å². The van der Waals surface area contributed by atoms with Crippen LogP contribution in [0.15, 0.2) is 57.7 Å². The number of aryl methyl sites for hydroxylation is 2. The summed E-state index contributed by atoms with van der Waals surface area (Å²) in [5.41, 5.74) is 2.77. The number of rotatable bonds is 4. The Bertz CT molecular complexity index is 1070. The van der Waals surface area contributed by atoms with Crippen LogP contribution in [0, 0.1) is 13.8 Å². The van der Waals surface area contributed by atoms with Crippen LogP contribution in [-0.4, -0.2) is 8.42 Å². The van der Waals surface area contributed by atoms with Gasteiger partial charge in [0, 0.05) is 17.5 Å².